The molecule has 2 atom stereocenters. The van der Waals surface area contributed by atoms with Crippen molar-refractivity contribution in [3.05, 3.63) is 35.1 Å². The van der Waals surface area contributed by atoms with Crippen LogP contribution >= 0.6 is 0 Å². The van der Waals surface area contributed by atoms with Gasteiger partial charge in [-0.15, -0.1) is 0 Å². The Kier molecular flexibility index (Phi) is 5.59. The van der Waals surface area contributed by atoms with Crippen LogP contribution in [-0.2, 0) is 4.74 Å². The molecular formula is C14H22FNO. The Bertz CT molecular complexity index is 354. The van der Waals surface area contributed by atoms with Crippen molar-refractivity contribution in [2.24, 2.45) is 0 Å². The second-order valence-electron chi connectivity index (χ2n) is 4.38. The summed E-state index contributed by atoms with van der Waals surface area (Å²) >= 11 is 0. The standard InChI is InChI=1S/C14H22FNO/c1-5-8-16-14(11(3)17-4)12-6-7-13(15)10(2)9-12/h6-7,9,11,14,16H,5,8H2,1-4H3. The van der Waals surface area contributed by atoms with Crippen molar-refractivity contribution in [2.45, 2.75) is 39.3 Å². The van der Waals surface area contributed by atoms with E-state index in [4.69, 9.17) is 4.74 Å². The third-order valence-electron chi connectivity index (χ3n) is 3.00. The van der Waals surface area contributed by atoms with Crippen LogP contribution in [0.3, 0.4) is 0 Å². The lowest BCUT2D eigenvalue weighted by atomic mass is 10.00. The molecule has 2 nitrogen and oxygen atoms in total. The van der Waals surface area contributed by atoms with Gasteiger partial charge in [0.25, 0.3) is 0 Å². The number of rotatable bonds is 6. The lowest BCUT2D eigenvalue weighted by molar-refractivity contribution is 0.0830. The average molecular weight is 239 g/mol. The van der Waals surface area contributed by atoms with E-state index in [9.17, 15) is 4.39 Å². The quantitative estimate of drug-likeness (QED) is 0.823. The number of methoxy groups -OCH3 is 1. The topological polar surface area (TPSA) is 21.3 Å². The third kappa shape index (κ3) is 3.79. The van der Waals surface area contributed by atoms with Crippen LogP contribution in [0.4, 0.5) is 4.39 Å². The van der Waals surface area contributed by atoms with Gasteiger partial charge in [-0.1, -0.05) is 19.1 Å². The Morgan fingerprint density at radius 3 is 2.65 bits per heavy atom. The third-order valence-corrected chi connectivity index (χ3v) is 3.00. The molecule has 3 heteroatoms. The van der Waals surface area contributed by atoms with Gasteiger partial charge in [-0.05, 0) is 44.0 Å². The Morgan fingerprint density at radius 2 is 2.12 bits per heavy atom. The van der Waals surface area contributed by atoms with Crippen LogP contribution in [0.2, 0.25) is 0 Å². The Balaban J connectivity index is 2.91. The minimum absolute atomic E-state index is 0.0615. The Hall–Kier alpha value is -0.930. The van der Waals surface area contributed by atoms with Gasteiger partial charge in [-0.2, -0.15) is 0 Å². The van der Waals surface area contributed by atoms with Gasteiger partial charge in [0.05, 0.1) is 12.1 Å². The van der Waals surface area contributed by atoms with Gasteiger partial charge >= 0.3 is 0 Å². The van der Waals surface area contributed by atoms with Crippen LogP contribution in [0, 0.1) is 12.7 Å². The molecule has 0 heterocycles. The summed E-state index contributed by atoms with van der Waals surface area (Å²) < 4.78 is 18.6. The van der Waals surface area contributed by atoms with Crippen molar-refractivity contribution >= 4 is 0 Å². The molecule has 1 rings (SSSR count). The molecule has 1 aromatic rings. The molecule has 0 amide bonds. The Morgan fingerprint density at radius 1 is 1.41 bits per heavy atom. The van der Waals surface area contributed by atoms with Crippen LogP contribution in [0.15, 0.2) is 18.2 Å². The molecule has 0 spiro atoms. The molecule has 0 aromatic heterocycles. The van der Waals surface area contributed by atoms with Crippen LogP contribution in [0.5, 0.6) is 0 Å². The molecule has 0 aliphatic rings. The number of hydrogen-bond donors (Lipinski definition) is 1. The number of halogens is 1. The molecule has 0 bridgehead atoms. The van der Waals surface area contributed by atoms with E-state index in [0.717, 1.165) is 18.5 Å². The van der Waals surface area contributed by atoms with E-state index in [0.29, 0.717) is 5.56 Å². The van der Waals surface area contributed by atoms with Crippen molar-refractivity contribution in [3.8, 4) is 0 Å². The summed E-state index contributed by atoms with van der Waals surface area (Å²) in [6, 6.07) is 5.34. The average Bonchev–Trinajstić information content (AvgIpc) is 2.33. The SMILES string of the molecule is CCCNC(c1ccc(F)c(C)c1)C(C)OC. The van der Waals surface area contributed by atoms with Crippen LogP contribution in [-0.4, -0.2) is 19.8 Å². The molecule has 0 aliphatic heterocycles. The normalized spacial score (nSPS) is 14.6. The maximum absolute atomic E-state index is 13.2. The first-order chi connectivity index (χ1) is 8.10. The molecule has 0 aliphatic carbocycles. The van der Waals surface area contributed by atoms with E-state index in [1.165, 1.54) is 6.07 Å². The number of nitrogens with one attached hydrogen (secondary N) is 1. The summed E-state index contributed by atoms with van der Waals surface area (Å²) in [7, 11) is 1.70. The first-order valence-corrected chi connectivity index (χ1v) is 6.12. The summed E-state index contributed by atoms with van der Waals surface area (Å²) in [5, 5.41) is 3.44. The Labute approximate surface area is 103 Å². The highest BCUT2D eigenvalue weighted by molar-refractivity contribution is 5.27. The van der Waals surface area contributed by atoms with Gasteiger partial charge < -0.3 is 10.1 Å². The highest BCUT2D eigenvalue weighted by Crippen LogP contribution is 2.21. The van der Waals surface area contributed by atoms with E-state index < -0.39 is 0 Å². The fourth-order valence-electron chi connectivity index (χ4n) is 1.85. The maximum atomic E-state index is 13.2. The fourth-order valence-corrected chi connectivity index (χ4v) is 1.85. The van der Waals surface area contributed by atoms with E-state index in [-0.39, 0.29) is 18.0 Å². The van der Waals surface area contributed by atoms with Gasteiger partial charge in [0, 0.05) is 7.11 Å². The van der Waals surface area contributed by atoms with Crippen LogP contribution in [0.1, 0.15) is 37.4 Å². The van der Waals surface area contributed by atoms with E-state index >= 15 is 0 Å². The number of hydrogen-bond acceptors (Lipinski definition) is 2. The first-order valence-electron chi connectivity index (χ1n) is 6.12. The predicted octanol–water partition coefficient (Wildman–Crippen LogP) is 3.21. The minimum atomic E-state index is -0.159. The minimum Gasteiger partial charge on any atom is -0.380 e. The second kappa shape index (κ2) is 6.72. The van der Waals surface area contributed by atoms with Crippen molar-refractivity contribution in [2.75, 3.05) is 13.7 Å². The molecule has 0 fully saturated rings. The lowest BCUT2D eigenvalue weighted by Crippen LogP contribution is -2.32. The molecular weight excluding hydrogens is 217 g/mol. The number of ether oxygens (including phenoxy) is 1. The summed E-state index contributed by atoms with van der Waals surface area (Å²) in [4.78, 5) is 0. The largest absolute Gasteiger partial charge is 0.380 e. The van der Waals surface area contributed by atoms with E-state index in [1.807, 2.05) is 19.1 Å². The zero-order valence-electron chi connectivity index (χ0n) is 11.1. The zero-order chi connectivity index (χ0) is 12.8. The van der Waals surface area contributed by atoms with E-state index in [1.54, 1.807) is 14.0 Å². The molecule has 0 saturated carbocycles. The van der Waals surface area contributed by atoms with E-state index in [2.05, 4.69) is 12.2 Å². The first kappa shape index (κ1) is 14.1. The molecule has 1 aromatic carbocycles. The molecule has 17 heavy (non-hydrogen) atoms. The molecule has 2 unspecified atom stereocenters. The van der Waals surface area contributed by atoms with Crippen molar-refractivity contribution in [1.82, 2.24) is 5.32 Å². The van der Waals surface area contributed by atoms with Crippen molar-refractivity contribution in [1.29, 1.82) is 0 Å². The fraction of sp³-hybridized carbons (Fsp3) is 0.571. The summed E-state index contributed by atoms with van der Waals surface area (Å²) in [6.45, 7) is 6.85. The lowest BCUT2D eigenvalue weighted by Gasteiger charge is -2.25. The maximum Gasteiger partial charge on any atom is 0.126 e. The highest BCUT2D eigenvalue weighted by Gasteiger charge is 2.18. The molecule has 96 valence electrons. The van der Waals surface area contributed by atoms with Crippen molar-refractivity contribution < 1.29 is 9.13 Å². The molecule has 0 radical (unpaired) electrons. The zero-order valence-corrected chi connectivity index (χ0v) is 11.1. The molecule has 1 N–H and O–H groups in total. The van der Waals surface area contributed by atoms with Gasteiger partial charge in [0.2, 0.25) is 0 Å². The number of aryl methyl sites for hydroxylation is 1. The number of benzene rings is 1. The monoisotopic (exact) mass is 239 g/mol. The highest BCUT2D eigenvalue weighted by atomic mass is 19.1. The van der Waals surface area contributed by atoms with Gasteiger partial charge in [-0.3, -0.25) is 0 Å². The van der Waals surface area contributed by atoms with Crippen LogP contribution in [0.25, 0.3) is 0 Å². The second-order valence-corrected chi connectivity index (χ2v) is 4.38. The smallest absolute Gasteiger partial charge is 0.126 e. The summed E-state index contributed by atoms with van der Waals surface area (Å²) in [6.07, 6.45) is 1.12. The van der Waals surface area contributed by atoms with Gasteiger partial charge in [-0.25, -0.2) is 4.39 Å². The predicted molar refractivity (Wildman–Crippen MR) is 68.6 cm³/mol. The van der Waals surface area contributed by atoms with Crippen LogP contribution < -0.4 is 5.32 Å². The van der Waals surface area contributed by atoms with Crippen molar-refractivity contribution in [3.63, 3.8) is 0 Å². The summed E-state index contributed by atoms with van der Waals surface area (Å²) in [5.41, 5.74) is 1.75. The van der Waals surface area contributed by atoms with Gasteiger partial charge in [0.15, 0.2) is 0 Å². The molecule has 0 saturated heterocycles. The van der Waals surface area contributed by atoms with Gasteiger partial charge in [0.1, 0.15) is 5.82 Å². The summed E-state index contributed by atoms with van der Waals surface area (Å²) in [5.74, 6) is -0.159.